The van der Waals surface area contributed by atoms with Crippen molar-refractivity contribution in [2.24, 2.45) is 0 Å². The van der Waals surface area contributed by atoms with Gasteiger partial charge in [0.25, 0.3) is 0 Å². The summed E-state index contributed by atoms with van der Waals surface area (Å²) in [6.07, 6.45) is 1.39. The molecule has 0 N–H and O–H groups in total. The maximum Gasteiger partial charge on any atom is 0.243 e. The summed E-state index contributed by atoms with van der Waals surface area (Å²) in [5.41, 5.74) is 1.17. The van der Waals surface area contributed by atoms with Crippen molar-refractivity contribution in [1.82, 2.24) is 4.31 Å². The minimum absolute atomic E-state index is 0.304. The van der Waals surface area contributed by atoms with Crippen LogP contribution in [0.1, 0.15) is 30.0 Å². The molecule has 0 bridgehead atoms. The number of aryl methyl sites for hydroxylation is 1. The summed E-state index contributed by atoms with van der Waals surface area (Å²) in [4.78, 5) is 0.304. The van der Waals surface area contributed by atoms with Gasteiger partial charge in [0, 0.05) is 12.1 Å². The SMILES string of the molecule is Cc1ccccc1S(=O)(=O)N1CCCC1c1ccccc1F. The average Bonchev–Trinajstić information content (AvgIpc) is 2.98. The van der Waals surface area contributed by atoms with Gasteiger partial charge in [-0.2, -0.15) is 4.31 Å². The molecule has 1 aliphatic heterocycles. The number of halogens is 1. The molecule has 3 rings (SSSR count). The van der Waals surface area contributed by atoms with Crippen molar-refractivity contribution in [2.45, 2.75) is 30.7 Å². The molecule has 1 aliphatic rings. The third-order valence-corrected chi connectivity index (χ3v) is 6.22. The first kappa shape index (κ1) is 15.2. The lowest BCUT2D eigenvalue weighted by Crippen LogP contribution is -2.31. The summed E-state index contributed by atoms with van der Waals surface area (Å²) in [7, 11) is -3.62. The fraction of sp³-hybridized carbons (Fsp3) is 0.294. The van der Waals surface area contributed by atoms with E-state index >= 15 is 0 Å². The second-order valence-corrected chi connectivity index (χ2v) is 7.42. The molecule has 1 unspecified atom stereocenters. The Bertz CT molecular complexity index is 789. The summed E-state index contributed by atoms with van der Waals surface area (Å²) in [6.45, 7) is 2.21. The van der Waals surface area contributed by atoms with Crippen molar-refractivity contribution < 1.29 is 12.8 Å². The zero-order valence-corrected chi connectivity index (χ0v) is 13.2. The van der Waals surface area contributed by atoms with E-state index in [1.807, 2.05) is 6.07 Å². The smallest absolute Gasteiger partial charge is 0.207 e. The lowest BCUT2D eigenvalue weighted by atomic mass is 10.1. The van der Waals surface area contributed by atoms with Gasteiger partial charge in [-0.3, -0.25) is 0 Å². The number of hydrogen-bond acceptors (Lipinski definition) is 2. The molecule has 1 atom stereocenters. The van der Waals surface area contributed by atoms with Crippen molar-refractivity contribution in [3.05, 3.63) is 65.5 Å². The molecule has 0 spiro atoms. The van der Waals surface area contributed by atoms with E-state index in [1.165, 1.54) is 10.4 Å². The van der Waals surface area contributed by atoms with E-state index in [-0.39, 0.29) is 5.82 Å². The first-order valence-corrected chi connectivity index (χ1v) is 8.78. The predicted octanol–water partition coefficient (Wildman–Crippen LogP) is 3.66. The average molecular weight is 319 g/mol. The van der Waals surface area contributed by atoms with Crippen LogP contribution in [-0.4, -0.2) is 19.3 Å². The first-order chi connectivity index (χ1) is 10.5. The molecule has 0 amide bonds. The monoisotopic (exact) mass is 319 g/mol. The highest BCUT2D eigenvalue weighted by Crippen LogP contribution is 2.37. The van der Waals surface area contributed by atoms with Crippen LogP contribution < -0.4 is 0 Å². The Morgan fingerprint density at radius 1 is 1.09 bits per heavy atom. The Balaban J connectivity index is 2.04. The van der Waals surface area contributed by atoms with E-state index in [4.69, 9.17) is 0 Å². The molecule has 2 aromatic carbocycles. The Hall–Kier alpha value is -1.72. The number of nitrogens with zero attached hydrogens (tertiary/aromatic N) is 1. The van der Waals surface area contributed by atoms with Gasteiger partial charge in [0.05, 0.1) is 10.9 Å². The molecule has 22 heavy (non-hydrogen) atoms. The summed E-state index contributed by atoms with van der Waals surface area (Å²) < 4.78 is 41.4. The molecule has 1 fully saturated rings. The van der Waals surface area contributed by atoms with Crippen LogP contribution in [0.5, 0.6) is 0 Å². The van der Waals surface area contributed by atoms with Crippen molar-refractivity contribution >= 4 is 10.0 Å². The van der Waals surface area contributed by atoms with E-state index in [1.54, 1.807) is 43.3 Å². The molecule has 0 saturated carbocycles. The van der Waals surface area contributed by atoms with Crippen LogP contribution in [0.25, 0.3) is 0 Å². The van der Waals surface area contributed by atoms with E-state index in [0.717, 1.165) is 6.42 Å². The van der Waals surface area contributed by atoms with Crippen molar-refractivity contribution in [1.29, 1.82) is 0 Å². The highest BCUT2D eigenvalue weighted by Gasteiger charge is 2.37. The van der Waals surface area contributed by atoms with Crippen molar-refractivity contribution in [2.75, 3.05) is 6.54 Å². The van der Waals surface area contributed by atoms with Crippen LogP contribution >= 0.6 is 0 Å². The van der Waals surface area contributed by atoms with Gasteiger partial charge in [-0.25, -0.2) is 12.8 Å². The minimum atomic E-state index is -3.62. The topological polar surface area (TPSA) is 37.4 Å². The molecule has 1 heterocycles. The van der Waals surface area contributed by atoms with E-state index in [9.17, 15) is 12.8 Å². The predicted molar refractivity (Wildman–Crippen MR) is 83.4 cm³/mol. The van der Waals surface area contributed by atoms with Crippen LogP contribution in [0.4, 0.5) is 4.39 Å². The molecular formula is C17H18FNO2S. The minimum Gasteiger partial charge on any atom is -0.207 e. The lowest BCUT2D eigenvalue weighted by Gasteiger charge is -2.25. The standard InChI is InChI=1S/C17H18FNO2S/c1-13-7-2-5-11-17(13)22(20,21)19-12-6-10-16(19)14-8-3-4-9-15(14)18/h2-5,7-9,11,16H,6,10,12H2,1H3. The Kier molecular flexibility index (Phi) is 4.02. The van der Waals surface area contributed by atoms with Gasteiger partial charge in [0.2, 0.25) is 10.0 Å². The molecule has 2 aromatic rings. The molecule has 0 aliphatic carbocycles. The van der Waals surface area contributed by atoms with Gasteiger partial charge in [-0.1, -0.05) is 36.4 Å². The van der Waals surface area contributed by atoms with Gasteiger partial charge in [0.15, 0.2) is 0 Å². The van der Waals surface area contributed by atoms with Crippen molar-refractivity contribution in [3.63, 3.8) is 0 Å². The fourth-order valence-electron chi connectivity index (χ4n) is 3.06. The summed E-state index contributed by atoms with van der Waals surface area (Å²) >= 11 is 0. The number of sulfonamides is 1. The summed E-state index contributed by atoms with van der Waals surface area (Å²) in [5, 5.41) is 0. The number of hydrogen-bond donors (Lipinski definition) is 0. The summed E-state index contributed by atoms with van der Waals surface area (Å²) in [5.74, 6) is -0.348. The molecule has 0 aromatic heterocycles. The third kappa shape index (κ3) is 2.55. The highest BCUT2D eigenvalue weighted by molar-refractivity contribution is 7.89. The van der Waals surface area contributed by atoms with Crippen molar-refractivity contribution in [3.8, 4) is 0 Å². The maximum atomic E-state index is 14.1. The second kappa shape index (κ2) is 5.82. The van der Waals surface area contributed by atoms with Crippen LogP contribution in [0.3, 0.4) is 0 Å². The van der Waals surface area contributed by atoms with Gasteiger partial charge < -0.3 is 0 Å². The van der Waals surface area contributed by atoms with Gasteiger partial charge in [0.1, 0.15) is 5.82 Å². The van der Waals surface area contributed by atoms with Crippen LogP contribution in [0.15, 0.2) is 53.4 Å². The zero-order chi connectivity index (χ0) is 15.7. The Labute approximate surface area is 130 Å². The number of benzene rings is 2. The van der Waals surface area contributed by atoms with Gasteiger partial charge in [-0.15, -0.1) is 0 Å². The van der Waals surface area contributed by atoms with Crippen LogP contribution in [0, 0.1) is 12.7 Å². The molecule has 1 saturated heterocycles. The van der Waals surface area contributed by atoms with Crippen LogP contribution in [-0.2, 0) is 10.0 Å². The molecule has 116 valence electrons. The quantitative estimate of drug-likeness (QED) is 0.866. The van der Waals surface area contributed by atoms with E-state index < -0.39 is 16.1 Å². The number of rotatable bonds is 3. The van der Waals surface area contributed by atoms with Crippen LogP contribution in [0.2, 0.25) is 0 Å². The maximum absolute atomic E-state index is 14.1. The van der Waals surface area contributed by atoms with E-state index in [2.05, 4.69) is 0 Å². The Morgan fingerprint density at radius 2 is 1.77 bits per heavy atom. The largest absolute Gasteiger partial charge is 0.243 e. The molecule has 3 nitrogen and oxygen atoms in total. The highest BCUT2D eigenvalue weighted by atomic mass is 32.2. The first-order valence-electron chi connectivity index (χ1n) is 7.34. The Morgan fingerprint density at radius 3 is 2.50 bits per heavy atom. The fourth-order valence-corrected chi connectivity index (χ4v) is 4.96. The normalized spacial score (nSPS) is 19.5. The summed E-state index contributed by atoms with van der Waals surface area (Å²) in [6, 6.07) is 12.9. The molecular weight excluding hydrogens is 301 g/mol. The molecule has 0 radical (unpaired) electrons. The molecule has 5 heteroatoms. The van der Waals surface area contributed by atoms with Gasteiger partial charge in [-0.05, 0) is 37.5 Å². The third-order valence-electron chi connectivity index (χ3n) is 4.15. The van der Waals surface area contributed by atoms with Gasteiger partial charge >= 0.3 is 0 Å². The van der Waals surface area contributed by atoms with E-state index in [0.29, 0.717) is 29.0 Å². The lowest BCUT2D eigenvalue weighted by molar-refractivity contribution is 0.386. The second-order valence-electron chi connectivity index (χ2n) is 5.56. The zero-order valence-electron chi connectivity index (χ0n) is 12.4.